The van der Waals surface area contributed by atoms with Crippen molar-refractivity contribution in [1.29, 1.82) is 0 Å². The fraction of sp³-hybridized carbons (Fsp3) is 0.250. The molecule has 7 heteroatoms. The third kappa shape index (κ3) is 4.31. The van der Waals surface area contributed by atoms with Crippen molar-refractivity contribution in [1.82, 2.24) is 5.32 Å². The highest BCUT2D eigenvalue weighted by molar-refractivity contribution is 8.16. The lowest BCUT2D eigenvalue weighted by atomic mass is 9.99. The Morgan fingerprint density at radius 1 is 1.11 bits per heavy atom. The second-order valence-electron chi connectivity index (χ2n) is 6.31. The van der Waals surface area contributed by atoms with Crippen molar-refractivity contribution in [3.63, 3.8) is 0 Å². The summed E-state index contributed by atoms with van der Waals surface area (Å²) in [5.41, 5.74) is 1.37. The number of carbonyl (C=O) groups excluding carboxylic acids is 3. The van der Waals surface area contributed by atoms with E-state index in [2.05, 4.69) is 5.32 Å². The molecule has 6 nitrogen and oxygen atoms in total. The summed E-state index contributed by atoms with van der Waals surface area (Å²) >= 11 is 1.00. The molecule has 0 radical (unpaired) electrons. The van der Waals surface area contributed by atoms with E-state index in [4.69, 9.17) is 9.47 Å². The normalized spacial score (nSPS) is 18.9. The highest BCUT2D eigenvalue weighted by Crippen LogP contribution is 2.34. The maximum atomic E-state index is 12.3. The molecule has 1 fully saturated rings. The Hall–Kier alpha value is -2.80. The first-order valence-corrected chi connectivity index (χ1v) is 9.15. The van der Waals surface area contributed by atoms with Crippen molar-refractivity contribution in [3.8, 4) is 11.5 Å². The molecule has 0 aliphatic carbocycles. The number of methoxy groups -OCH3 is 1. The van der Waals surface area contributed by atoms with Crippen LogP contribution < -0.4 is 14.8 Å². The van der Waals surface area contributed by atoms with Gasteiger partial charge in [0.15, 0.2) is 6.61 Å². The number of imide groups is 1. The maximum absolute atomic E-state index is 12.3. The number of nitrogens with one attached hydrogen (secondary N) is 1. The van der Waals surface area contributed by atoms with Gasteiger partial charge < -0.3 is 9.47 Å². The van der Waals surface area contributed by atoms with E-state index < -0.39 is 4.75 Å². The number of hydrogen-bond donors (Lipinski definition) is 1. The third-order valence-corrected chi connectivity index (χ3v) is 5.32. The topological polar surface area (TPSA) is 81.7 Å². The van der Waals surface area contributed by atoms with Gasteiger partial charge in [-0.15, -0.1) is 0 Å². The van der Waals surface area contributed by atoms with Gasteiger partial charge in [-0.3, -0.25) is 19.7 Å². The minimum Gasteiger partial charge on any atom is -0.496 e. The highest BCUT2D eigenvalue weighted by atomic mass is 32.2. The van der Waals surface area contributed by atoms with Crippen LogP contribution in [0.3, 0.4) is 0 Å². The molecule has 3 rings (SSSR count). The Bertz CT molecular complexity index is 880. The summed E-state index contributed by atoms with van der Waals surface area (Å²) in [6, 6.07) is 14.1. The maximum Gasteiger partial charge on any atom is 0.286 e. The number of para-hydroxylation sites is 1. The summed E-state index contributed by atoms with van der Waals surface area (Å²) in [6.07, 6.45) is 0.426. The number of Topliss-reactive ketones (excluding diaryl/α,β-unsaturated/α-hetero) is 1. The zero-order chi connectivity index (χ0) is 19.4. The van der Waals surface area contributed by atoms with E-state index >= 15 is 0 Å². The van der Waals surface area contributed by atoms with E-state index in [-0.39, 0.29) is 23.5 Å². The SMILES string of the molecule is COc1ccccc1C(=O)COc1ccc(CC2(C)SC(=O)NC2=O)cc1. The molecule has 1 N–H and O–H groups in total. The van der Waals surface area contributed by atoms with Gasteiger partial charge in [0.05, 0.1) is 12.7 Å². The molecule has 2 aromatic rings. The van der Waals surface area contributed by atoms with Crippen molar-refractivity contribution >= 4 is 28.7 Å². The Balaban J connectivity index is 1.60. The molecule has 1 atom stereocenters. The number of amides is 2. The van der Waals surface area contributed by atoms with Crippen LogP contribution in [-0.2, 0) is 11.2 Å². The first kappa shape index (κ1) is 19.0. The first-order chi connectivity index (χ1) is 12.9. The van der Waals surface area contributed by atoms with Crippen LogP contribution in [0.1, 0.15) is 22.8 Å². The van der Waals surface area contributed by atoms with E-state index in [0.29, 0.717) is 23.5 Å². The number of thioether (sulfide) groups is 1. The second-order valence-corrected chi connectivity index (χ2v) is 7.78. The fourth-order valence-corrected chi connectivity index (χ4v) is 3.75. The summed E-state index contributed by atoms with van der Waals surface area (Å²) < 4.78 is 9.95. The summed E-state index contributed by atoms with van der Waals surface area (Å²) in [7, 11) is 1.52. The van der Waals surface area contributed by atoms with Crippen LogP contribution in [-0.4, -0.2) is 35.4 Å². The smallest absolute Gasteiger partial charge is 0.286 e. The predicted molar refractivity (Wildman–Crippen MR) is 103 cm³/mol. The van der Waals surface area contributed by atoms with Gasteiger partial charge >= 0.3 is 0 Å². The Kier molecular flexibility index (Phi) is 5.51. The molecule has 1 aliphatic rings. The van der Waals surface area contributed by atoms with Gasteiger partial charge in [0.1, 0.15) is 16.2 Å². The van der Waals surface area contributed by atoms with Crippen LogP contribution >= 0.6 is 11.8 Å². The molecular weight excluding hydrogens is 366 g/mol. The minimum absolute atomic E-state index is 0.107. The monoisotopic (exact) mass is 385 g/mol. The summed E-state index contributed by atoms with van der Waals surface area (Å²) in [5, 5.41) is 1.99. The van der Waals surface area contributed by atoms with E-state index in [1.54, 1.807) is 43.3 Å². The summed E-state index contributed by atoms with van der Waals surface area (Å²) in [5.74, 6) is 0.602. The van der Waals surface area contributed by atoms with Crippen LogP contribution in [0, 0.1) is 0 Å². The van der Waals surface area contributed by atoms with E-state index in [0.717, 1.165) is 17.3 Å². The number of benzene rings is 2. The average molecular weight is 385 g/mol. The van der Waals surface area contributed by atoms with Gasteiger partial charge in [-0.1, -0.05) is 24.3 Å². The number of ketones is 1. The van der Waals surface area contributed by atoms with Gasteiger partial charge in [-0.05, 0) is 54.9 Å². The van der Waals surface area contributed by atoms with Crippen LogP contribution in [0.5, 0.6) is 11.5 Å². The zero-order valence-electron chi connectivity index (χ0n) is 15.0. The molecule has 0 saturated carbocycles. The van der Waals surface area contributed by atoms with Gasteiger partial charge in [0, 0.05) is 0 Å². The quantitative estimate of drug-likeness (QED) is 0.737. The first-order valence-electron chi connectivity index (χ1n) is 8.34. The summed E-state index contributed by atoms with van der Waals surface area (Å²) in [6.45, 7) is 1.64. The summed E-state index contributed by atoms with van der Waals surface area (Å²) in [4.78, 5) is 35.6. The lowest BCUT2D eigenvalue weighted by molar-refractivity contribution is -0.121. The van der Waals surface area contributed by atoms with E-state index in [9.17, 15) is 14.4 Å². The Labute approximate surface area is 161 Å². The number of hydrogen-bond acceptors (Lipinski definition) is 6. The van der Waals surface area contributed by atoms with Crippen LogP contribution in [0.25, 0.3) is 0 Å². The predicted octanol–water partition coefficient (Wildman–Crippen LogP) is 3.24. The third-order valence-electron chi connectivity index (χ3n) is 4.26. The number of carbonyl (C=O) groups is 3. The van der Waals surface area contributed by atoms with Gasteiger partial charge in [0.2, 0.25) is 11.7 Å². The molecule has 1 unspecified atom stereocenters. The molecule has 0 aromatic heterocycles. The second kappa shape index (κ2) is 7.84. The van der Waals surface area contributed by atoms with Crippen molar-refractivity contribution in [2.75, 3.05) is 13.7 Å². The molecule has 1 aliphatic heterocycles. The standard InChI is InChI=1S/C20H19NO5S/c1-20(18(23)21-19(24)27-20)11-13-7-9-14(10-8-13)26-12-16(22)15-5-3-4-6-17(15)25-2/h3-10H,11-12H2,1-2H3,(H,21,23,24). The lowest BCUT2D eigenvalue weighted by Crippen LogP contribution is -2.35. The molecular formula is C20H19NO5S. The van der Waals surface area contributed by atoms with Crippen molar-refractivity contribution in [2.24, 2.45) is 0 Å². The Morgan fingerprint density at radius 2 is 1.81 bits per heavy atom. The number of ether oxygens (including phenoxy) is 2. The van der Waals surface area contributed by atoms with Crippen molar-refractivity contribution in [2.45, 2.75) is 18.1 Å². The minimum atomic E-state index is -0.806. The van der Waals surface area contributed by atoms with E-state index in [1.807, 2.05) is 12.1 Å². The van der Waals surface area contributed by atoms with Crippen LogP contribution in [0.15, 0.2) is 48.5 Å². The largest absolute Gasteiger partial charge is 0.496 e. The zero-order valence-corrected chi connectivity index (χ0v) is 15.8. The molecule has 0 spiro atoms. The molecule has 2 amide bonds. The van der Waals surface area contributed by atoms with Gasteiger partial charge in [0.25, 0.3) is 5.24 Å². The molecule has 1 heterocycles. The molecule has 140 valence electrons. The Morgan fingerprint density at radius 3 is 2.44 bits per heavy atom. The lowest BCUT2D eigenvalue weighted by Gasteiger charge is -2.18. The van der Waals surface area contributed by atoms with Crippen LogP contribution in [0.2, 0.25) is 0 Å². The average Bonchev–Trinajstić information content (AvgIpc) is 2.92. The molecule has 27 heavy (non-hydrogen) atoms. The van der Waals surface area contributed by atoms with Crippen molar-refractivity contribution < 1.29 is 23.9 Å². The molecule has 2 aromatic carbocycles. The van der Waals surface area contributed by atoms with Gasteiger partial charge in [-0.2, -0.15) is 0 Å². The van der Waals surface area contributed by atoms with Gasteiger partial charge in [-0.25, -0.2) is 0 Å². The highest BCUT2D eigenvalue weighted by Gasteiger charge is 2.43. The molecule has 1 saturated heterocycles. The van der Waals surface area contributed by atoms with Crippen molar-refractivity contribution in [3.05, 3.63) is 59.7 Å². The van der Waals surface area contributed by atoms with E-state index in [1.165, 1.54) is 7.11 Å². The number of rotatable bonds is 7. The van der Waals surface area contributed by atoms with Crippen LogP contribution in [0.4, 0.5) is 4.79 Å². The molecule has 0 bridgehead atoms. The fourth-order valence-electron chi connectivity index (χ4n) is 2.81.